The van der Waals surface area contributed by atoms with Gasteiger partial charge in [0.05, 0.1) is 0 Å². The zero-order valence-corrected chi connectivity index (χ0v) is 11.3. The first kappa shape index (κ1) is 12.8. The third kappa shape index (κ3) is 2.43. The van der Waals surface area contributed by atoms with Crippen LogP contribution in [0.3, 0.4) is 0 Å². The number of hydrogen-bond acceptors (Lipinski definition) is 2. The Morgan fingerprint density at radius 3 is 2.56 bits per heavy atom. The quantitative estimate of drug-likeness (QED) is 0.679. The average Bonchev–Trinajstić information content (AvgIpc) is 2.31. The molecule has 0 heterocycles. The number of anilines is 1. The van der Waals surface area contributed by atoms with Gasteiger partial charge >= 0.3 is 0 Å². The first-order valence-electron chi connectivity index (χ1n) is 5.35. The minimum absolute atomic E-state index is 0.202. The fourth-order valence-electron chi connectivity index (χ4n) is 1.75. The van der Waals surface area contributed by atoms with E-state index in [1.807, 2.05) is 0 Å². The third-order valence-electron chi connectivity index (χ3n) is 2.69. The standard InChI is InChI=1S/C14H11BrFNO/c1-8-6-10(16)3-4-11(8)14(18)12-7-9(15)2-5-13(12)17/h2-7H,17H2,1H3. The number of rotatable bonds is 2. The molecule has 2 aromatic carbocycles. The van der Waals surface area contributed by atoms with Gasteiger partial charge in [0.1, 0.15) is 5.82 Å². The zero-order valence-electron chi connectivity index (χ0n) is 9.71. The molecule has 0 amide bonds. The van der Waals surface area contributed by atoms with Crippen molar-refractivity contribution in [2.24, 2.45) is 0 Å². The maximum atomic E-state index is 13.0. The van der Waals surface area contributed by atoms with E-state index in [4.69, 9.17) is 5.73 Å². The van der Waals surface area contributed by atoms with Crippen molar-refractivity contribution in [1.29, 1.82) is 0 Å². The number of ketones is 1. The van der Waals surface area contributed by atoms with Crippen molar-refractivity contribution in [2.75, 3.05) is 5.73 Å². The Balaban J connectivity index is 2.51. The molecule has 0 aliphatic carbocycles. The summed E-state index contributed by atoms with van der Waals surface area (Å²) in [5.74, 6) is -0.558. The van der Waals surface area contributed by atoms with Gasteiger partial charge < -0.3 is 5.73 Å². The summed E-state index contributed by atoms with van der Waals surface area (Å²) in [5, 5.41) is 0. The van der Waals surface area contributed by atoms with E-state index in [-0.39, 0.29) is 11.6 Å². The number of nitrogens with two attached hydrogens (primary N) is 1. The fourth-order valence-corrected chi connectivity index (χ4v) is 2.11. The molecule has 0 spiro atoms. The number of carbonyl (C=O) groups is 1. The van der Waals surface area contributed by atoms with Gasteiger partial charge in [-0.2, -0.15) is 0 Å². The maximum Gasteiger partial charge on any atom is 0.195 e. The Bertz CT molecular complexity index is 625. The SMILES string of the molecule is Cc1cc(F)ccc1C(=O)c1cc(Br)ccc1N. The summed E-state index contributed by atoms with van der Waals surface area (Å²) in [4.78, 5) is 12.3. The lowest BCUT2D eigenvalue weighted by atomic mass is 9.98. The van der Waals surface area contributed by atoms with Crippen molar-refractivity contribution in [1.82, 2.24) is 0 Å². The van der Waals surface area contributed by atoms with Gasteiger partial charge in [-0.1, -0.05) is 15.9 Å². The highest BCUT2D eigenvalue weighted by molar-refractivity contribution is 9.10. The van der Waals surface area contributed by atoms with Crippen molar-refractivity contribution >= 4 is 27.4 Å². The van der Waals surface area contributed by atoms with E-state index in [2.05, 4.69) is 15.9 Å². The molecule has 0 saturated heterocycles. The Hall–Kier alpha value is -1.68. The molecule has 0 aliphatic heterocycles. The van der Waals surface area contributed by atoms with Gasteiger partial charge in [-0.15, -0.1) is 0 Å². The lowest BCUT2D eigenvalue weighted by molar-refractivity contribution is 0.103. The molecule has 2 nitrogen and oxygen atoms in total. The molecular weight excluding hydrogens is 297 g/mol. The summed E-state index contributed by atoms with van der Waals surface area (Å²) in [7, 11) is 0. The van der Waals surface area contributed by atoms with Crippen molar-refractivity contribution < 1.29 is 9.18 Å². The summed E-state index contributed by atoms with van der Waals surface area (Å²) in [6.07, 6.45) is 0. The second-order valence-electron chi connectivity index (χ2n) is 4.02. The van der Waals surface area contributed by atoms with Crippen LogP contribution in [0.1, 0.15) is 21.5 Å². The molecule has 0 bridgehead atoms. The Labute approximate surface area is 113 Å². The minimum atomic E-state index is -0.355. The Morgan fingerprint density at radius 1 is 1.17 bits per heavy atom. The molecule has 0 saturated carbocycles. The Kier molecular flexibility index (Phi) is 3.48. The van der Waals surface area contributed by atoms with Crippen LogP contribution in [0.15, 0.2) is 40.9 Å². The van der Waals surface area contributed by atoms with Crippen LogP contribution in [-0.4, -0.2) is 5.78 Å². The van der Waals surface area contributed by atoms with Crippen LogP contribution in [-0.2, 0) is 0 Å². The van der Waals surface area contributed by atoms with Crippen LogP contribution in [0.2, 0.25) is 0 Å². The van der Waals surface area contributed by atoms with Gasteiger partial charge in [0.15, 0.2) is 5.78 Å². The first-order chi connectivity index (χ1) is 8.49. The monoisotopic (exact) mass is 307 g/mol. The van der Waals surface area contributed by atoms with Gasteiger partial charge in [-0.25, -0.2) is 4.39 Å². The van der Waals surface area contributed by atoms with E-state index in [0.717, 1.165) is 4.47 Å². The third-order valence-corrected chi connectivity index (χ3v) is 3.19. The van der Waals surface area contributed by atoms with Gasteiger partial charge in [0.25, 0.3) is 0 Å². The van der Waals surface area contributed by atoms with E-state index in [1.165, 1.54) is 18.2 Å². The fraction of sp³-hybridized carbons (Fsp3) is 0.0714. The summed E-state index contributed by atoms with van der Waals surface area (Å²) in [6, 6.07) is 9.18. The van der Waals surface area contributed by atoms with E-state index >= 15 is 0 Å². The van der Waals surface area contributed by atoms with Gasteiger partial charge in [0, 0.05) is 21.3 Å². The summed E-state index contributed by atoms with van der Waals surface area (Å²) in [5.41, 5.74) is 7.67. The predicted molar refractivity (Wildman–Crippen MR) is 73.1 cm³/mol. The lowest BCUT2D eigenvalue weighted by Crippen LogP contribution is -2.07. The van der Waals surface area contributed by atoms with Crippen molar-refractivity contribution in [2.45, 2.75) is 6.92 Å². The highest BCUT2D eigenvalue weighted by Gasteiger charge is 2.15. The molecule has 92 valence electrons. The first-order valence-corrected chi connectivity index (χ1v) is 6.14. The highest BCUT2D eigenvalue weighted by Crippen LogP contribution is 2.23. The summed E-state index contributed by atoms with van der Waals surface area (Å²) in [6.45, 7) is 1.70. The van der Waals surface area contributed by atoms with Crippen molar-refractivity contribution in [3.8, 4) is 0 Å². The van der Waals surface area contributed by atoms with E-state index in [9.17, 15) is 9.18 Å². The molecule has 0 radical (unpaired) electrons. The molecule has 0 unspecified atom stereocenters. The van der Waals surface area contributed by atoms with Crippen LogP contribution in [0, 0.1) is 12.7 Å². The van der Waals surface area contributed by atoms with Gasteiger partial charge in [-0.3, -0.25) is 4.79 Å². The number of aryl methyl sites for hydroxylation is 1. The molecule has 0 fully saturated rings. The van der Waals surface area contributed by atoms with Gasteiger partial charge in [-0.05, 0) is 48.9 Å². The molecule has 2 rings (SSSR count). The predicted octanol–water partition coefficient (Wildman–Crippen LogP) is 3.71. The second-order valence-corrected chi connectivity index (χ2v) is 4.94. The van der Waals surface area contributed by atoms with Crippen LogP contribution in [0.5, 0.6) is 0 Å². The number of halogens is 2. The number of nitrogen functional groups attached to an aromatic ring is 1. The Morgan fingerprint density at radius 2 is 1.89 bits per heavy atom. The molecule has 0 aromatic heterocycles. The normalized spacial score (nSPS) is 10.4. The summed E-state index contributed by atoms with van der Waals surface area (Å²) < 4.78 is 13.8. The largest absolute Gasteiger partial charge is 0.398 e. The van der Waals surface area contributed by atoms with Crippen LogP contribution >= 0.6 is 15.9 Å². The smallest absolute Gasteiger partial charge is 0.195 e. The molecule has 18 heavy (non-hydrogen) atoms. The van der Waals surface area contributed by atoms with Crippen molar-refractivity contribution in [3.05, 3.63) is 63.4 Å². The van der Waals surface area contributed by atoms with Crippen LogP contribution in [0.25, 0.3) is 0 Å². The molecule has 0 atom stereocenters. The molecule has 2 aromatic rings. The highest BCUT2D eigenvalue weighted by atomic mass is 79.9. The molecule has 0 aliphatic rings. The number of hydrogen-bond donors (Lipinski definition) is 1. The molecule has 2 N–H and O–H groups in total. The average molecular weight is 308 g/mol. The topological polar surface area (TPSA) is 43.1 Å². The van der Waals surface area contributed by atoms with Gasteiger partial charge in [0.2, 0.25) is 0 Å². The molecule has 4 heteroatoms. The van der Waals surface area contributed by atoms with Crippen LogP contribution in [0.4, 0.5) is 10.1 Å². The van der Waals surface area contributed by atoms with E-state index in [0.29, 0.717) is 22.4 Å². The summed E-state index contributed by atoms with van der Waals surface area (Å²) >= 11 is 3.30. The second kappa shape index (κ2) is 4.90. The lowest BCUT2D eigenvalue weighted by Gasteiger charge is -2.08. The molecular formula is C14H11BrFNO. The number of benzene rings is 2. The van der Waals surface area contributed by atoms with E-state index < -0.39 is 0 Å². The number of carbonyl (C=O) groups excluding carboxylic acids is 1. The minimum Gasteiger partial charge on any atom is -0.398 e. The van der Waals surface area contributed by atoms with E-state index in [1.54, 1.807) is 25.1 Å². The van der Waals surface area contributed by atoms with Crippen LogP contribution < -0.4 is 5.73 Å². The van der Waals surface area contributed by atoms with Crippen molar-refractivity contribution in [3.63, 3.8) is 0 Å². The maximum absolute atomic E-state index is 13.0. The zero-order chi connectivity index (χ0) is 13.3.